The lowest BCUT2D eigenvalue weighted by molar-refractivity contribution is 0.543. The van der Waals surface area contributed by atoms with Crippen molar-refractivity contribution in [3.05, 3.63) is 0 Å². The van der Waals surface area contributed by atoms with Crippen LogP contribution in [0.25, 0.3) is 0 Å². The number of hydrogen-bond donors (Lipinski definition) is 0. The van der Waals surface area contributed by atoms with Crippen LogP contribution in [-0.2, 0) is 0 Å². The van der Waals surface area contributed by atoms with Crippen LogP contribution in [0.2, 0.25) is 0 Å². The molecule has 0 radical (unpaired) electrons. The Morgan fingerprint density at radius 1 is 0.225 bits per heavy atom. The molecule has 0 atom stereocenters. The minimum atomic E-state index is -1.19. The molecular formula is C13HBr27. The lowest BCUT2D eigenvalue weighted by Crippen LogP contribution is -2.72. The molecule has 0 rings (SSSR count). The van der Waals surface area contributed by atoms with E-state index in [9.17, 15) is 0 Å². The summed E-state index contributed by atoms with van der Waals surface area (Å²) in [6, 6.07) is 0. The Balaban J connectivity index is 7.35. The molecule has 0 nitrogen and oxygen atoms in total. The molecule has 0 unspecified atom stereocenters. The Bertz CT molecular complexity index is 915. The van der Waals surface area contributed by atoms with Crippen molar-refractivity contribution in [2.45, 2.75) is 41.4 Å². The van der Waals surface area contributed by atoms with Crippen molar-refractivity contribution in [2.24, 2.45) is 0 Å². The highest BCUT2D eigenvalue weighted by Gasteiger charge is 2.81. The van der Waals surface area contributed by atoms with Gasteiger partial charge >= 0.3 is 0 Å². The van der Waals surface area contributed by atoms with Crippen LogP contribution in [0, 0.1) is 0 Å². The zero-order valence-electron chi connectivity index (χ0n) is 16.8. The average molecular weight is 2310 g/mol. The first-order chi connectivity index (χ1) is 16.7. The molecule has 0 spiro atoms. The summed E-state index contributed by atoms with van der Waals surface area (Å²) < 4.78 is -13.0. The number of halogens is 27. The van der Waals surface area contributed by atoms with Gasteiger partial charge in [-0.3, -0.25) is 0 Å². The van der Waals surface area contributed by atoms with E-state index in [0.717, 1.165) is 0 Å². The summed E-state index contributed by atoms with van der Waals surface area (Å²) in [6.45, 7) is 0. The molecule has 0 bridgehead atoms. The molecule has 0 heterocycles. The number of hydrogen-bond acceptors (Lipinski definition) is 0. The number of alkyl halides is 27. The largest absolute Gasteiger partial charge is 0.162 e. The average Bonchev–Trinajstić information content (AvgIpc) is 2.71. The Labute approximate surface area is 460 Å². The minimum Gasteiger partial charge on any atom is -0.0739 e. The quantitative estimate of drug-likeness (QED) is 0.181. The topological polar surface area (TPSA) is 0 Å². The van der Waals surface area contributed by atoms with E-state index in [2.05, 4.69) is 430 Å². The van der Waals surface area contributed by atoms with Crippen LogP contribution in [0.1, 0.15) is 0 Å². The van der Waals surface area contributed by atoms with Crippen LogP contribution in [0.3, 0.4) is 0 Å². The van der Waals surface area contributed by atoms with Crippen molar-refractivity contribution < 1.29 is 0 Å². The van der Waals surface area contributed by atoms with Gasteiger partial charge in [0.1, 0.15) is 35.6 Å². The molecule has 0 aromatic carbocycles. The van der Waals surface area contributed by atoms with E-state index < -0.39 is 37.7 Å². The van der Waals surface area contributed by atoms with Gasteiger partial charge in [-0.25, -0.2) is 0 Å². The highest BCUT2D eigenvalue weighted by molar-refractivity contribution is 9.42. The highest BCUT2D eigenvalue weighted by atomic mass is 80.0. The van der Waals surface area contributed by atoms with E-state index in [4.69, 9.17) is 0 Å². The lowest BCUT2D eigenvalue weighted by Gasteiger charge is -2.60. The van der Waals surface area contributed by atoms with Gasteiger partial charge in [0.15, 0.2) is 2.14 Å². The fourth-order valence-electron chi connectivity index (χ4n) is 2.10. The SMILES string of the molecule is BrC(Br)C(Br)(Br)C(Br)(Br)C(Br)(Br)C(Br)(Br)C(Br)(Br)C(Br)(Br)C(Br)(Br)C(Br)(Br)C(Br)(Br)C(Br)(Br)C(Br)(Br)C(Br)(Br)Br. The third-order valence-corrected chi connectivity index (χ3v) is 60.6. The Morgan fingerprint density at radius 2 is 0.375 bits per heavy atom. The summed E-state index contributed by atoms with van der Waals surface area (Å²) in [5.41, 5.74) is 0. The zero-order valence-corrected chi connectivity index (χ0v) is 59.6. The third kappa shape index (κ3) is 9.14. The maximum Gasteiger partial charge on any atom is 0.162 e. The summed E-state index contributed by atoms with van der Waals surface area (Å²) in [5, 5.41) is 0. The normalized spacial score (nSPS) is 17.1. The van der Waals surface area contributed by atoms with Crippen LogP contribution in [-0.4, -0.2) is 41.4 Å². The second kappa shape index (κ2) is 17.4. The van der Waals surface area contributed by atoms with E-state index in [1.54, 1.807) is 0 Å². The van der Waals surface area contributed by atoms with Gasteiger partial charge < -0.3 is 0 Å². The molecule has 242 valence electrons. The summed E-state index contributed by atoms with van der Waals surface area (Å²) in [7, 11) is 0. The monoisotopic (exact) mass is 2290 g/mol. The van der Waals surface area contributed by atoms with Crippen molar-refractivity contribution in [2.75, 3.05) is 0 Å². The van der Waals surface area contributed by atoms with Crippen LogP contribution >= 0.6 is 430 Å². The Kier molecular flexibility index (Phi) is 23.1. The van der Waals surface area contributed by atoms with Gasteiger partial charge in [-0.1, -0.05) is 430 Å². The zero-order chi connectivity index (χ0) is 33.6. The van der Waals surface area contributed by atoms with Gasteiger partial charge in [0, 0.05) is 0 Å². The van der Waals surface area contributed by atoms with E-state index in [-0.39, 0.29) is 3.74 Å². The smallest absolute Gasteiger partial charge is 0.0739 e. The molecule has 0 saturated carbocycles. The van der Waals surface area contributed by atoms with E-state index >= 15 is 0 Å². The van der Waals surface area contributed by atoms with Crippen molar-refractivity contribution in [3.63, 3.8) is 0 Å². The van der Waals surface area contributed by atoms with Crippen molar-refractivity contribution in [1.82, 2.24) is 0 Å². The third-order valence-electron chi connectivity index (χ3n) is 4.60. The van der Waals surface area contributed by atoms with Crippen LogP contribution in [0.4, 0.5) is 0 Å². The van der Waals surface area contributed by atoms with Gasteiger partial charge in [-0.05, 0) is 0 Å². The van der Waals surface area contributed by atoms with E-state index in [1.807, 2.05) is 0 Å². The van der Waals surface area contributed by atoms with Crippen molar-refractivity contribution in [3.8, 4) is 0 Å². The Hall–Kier alpha value is 13.0. The molecule has 0 aromatic heterocycles. The number of rotatable bonds is 11. The van der Waals surface area contributed by atoms with Crippen molar-refractivity contribution >= 4 is 430 Å². The van der Waals surface area contributed by atoms with E-state index in [0.29, 0.717) is 0 Å². The molecule has 0 aliphatic carbocycles. The fourth-order valence-corrected chi connectivity index (χ4v) is 27.9. The van der Waals surface area contributed by atoms with Gasteiger partial charge in [-0.15, -0.1) is 0 Å². The highest BCUT2D eigenvalue weighted by Crippen LogP contribution is 2.81. The molecule has 0 N–H and O–H groups in total. The molecule has 0 aliphatic rings. The molecule has 0 aromatic rings. The predicted molar refractivity (Wildman–Crippen MR) is 278 cm³/mol. The summed E-state index contributed by atoms with van der Waals surface area (Å²) in [5.74, 6) is 0. The summed E-state index contributed by atoms with van der Waals surface area (Å²) in [6.07, 6.45) is 0. The van der Waals surface area contributed by atoms with Gasteiger partial charge in [0.25, 0.3) is 0 Å². The second-order valence-corrected chi connectivity index (χ2v) is 55.0. The fraction of sp³-hybridized carbons (Fsp3) is 1.00. The standard InChI is InChI=1S/C13HBr27/c14-1(15)2(16,17)3(18,19)4(20,21)5(22,23)6(24,25)7(26,27)8(28,29)9(30,31)10(32,33)11(34,35)12(36,37)13(38,39)40/h1H. The molecule has 0 fully saturated rings. The summed E-state index contributed by atoms with van der Waals surface area (Å²) >= 11 is 104. The molecule has 27 heteroatoms. The summed E-state index contributed by atoms with van der Waals surface area (Å²) in [4.78, 5) is 0. The maximum atomic E-state index is 3.96. The van der Waals surface area contributed by atoms with Crippen LogP contribution in [0.15, 0.2) is 0 Å². The first kappa shape index (κ1) is 53.0. The van der Waals surface area contributed by atoms with Gasteiger partial charge in [0.05, 0.1) is 3.74 Å². The molecule has 0 saturated heterocycles. The second-order valence-electron chi connectivity index (χ2n) is 7.17. The molecule has 0 amide bonds. The first-order valence-corrected chi connectivity index (χ1v) is 29.9. The lowest BCUT2D eigenvalue weighted by atomic mass is 10.0. The maximum absolute atomic E-state index is 3.96. The first-order valence-electron chi connectivity index (χ1n) is 8.20. The van der Waals surface area contributed by atoms with Gasteiger partial charge in [0.2, 0.25) is 0 Å². The molecule has 0 aliphatic heterocycles. The van der Waals surface area contributed by atoms with E-state index in [1.165, 1.54) is 0 Å². The van der Waals surface area contributed by atoms with Crippen molar-refractivity contribution in [1.29, 1.82) is 0 Å². The molecular weight excluding hydrogens is 2310 g/mol. The Morgan fingerprint density at radius 3 is 0.525 bits per heavy atom. The van der Waals surface area contributed by atoms with Crippen LogP contribution < -0.4 is 0 Å². The molecule has 40 heavy (non-hydrogen) atoms. The van der Waals surface area contributed by atoms with Gasteiger partial charge in [-0.2, -0.15) is 0 Å². The minimum absolute atomic E-state index is 0.258. The predicted octanol–water partition coefficient (Wildman–Crippen LogP) is 20.3. The van der Waals surface area contributed by atoms with Crippen LogP contribution in [0.5, 0.6) is 0 Å².